The number of rotatable bonds is 5. The Morgan fingerprint density at radius 3 is 2.67 bits per heavy atom. The number of aryl methyl sites for hydroxylation is 1. The summed E-state index contributed by atoms with van der Waals surface area (Å²) in [5, 5.41) is 10.2. The number of fused-ring (bicyclic) bond motifs is 1. The average molecular weight is 437 g/mol. The number of para-hydroxylation sites is 2. The summed E-state index contributed by atoms with van der Waals surface area (Å²) in [6.07, 6.45) is 4.77. The summed E-state index contributed by atoms with van der Waals surface area (Å²) in [5.41, 5.74) is 11.1. The maximum atomic E-state index is 12.5. The maximum Gasteiger partial charge on any atom is 0.255 e. The van der Waals surface area contributed by atoms with E-state index < -0.39 is 0 Å². The molecule has 0 aliphatic carbocycles. The van der Waals surface area contributed by atoms with Gasteiger partial charge in [-0.05, 0) is 49.4 Å². The third kappa shape index (κ3) is 4.04. The lowest BCUT2D eigenvalue weighted by Crippen LogP contribution is -2.13. The van der Waals surface area contributed by atoms with Gasteiger partial charge in [-0.2, -0.15) is 5.10 Å². The molecule has 162 valence electrons. The molecule has 3 aromatic heterocycles. The molecule has 0 radical (unpaired) electrons. The van der Waals surface area contributed by atoms with Crippen molar-refractivity contribution in [2.45, 2.75) is 6.92 Å². The van der Waals surface area contributed by atoms with Gasteiger partial charge < -0.3 is 16.4 Å². The first-order chi connectivity index (χ1) is 16.1. The van der Waals surface area contributed by atoms with Crippen LogP contribution in [0.15, 0.2) is 73.3 Å². The number of hydrogen-bond acceptors (Lipinski definition) is 8. The van der Waals surface area contributed by atoms with Crippen LogP contribution in [0.4, 0.5) is 23.0 Å². The van der Waals surface area contributed by atoms with Crippen molar-refractivity contribution in [3.8, 4) is 11.4 Å². The van der Waals surface area contributed by atoms with E-state index in [1.807, 2.05) is 19.1 Å². The third-order valence-corrected chi connectivity index (χ3v) is 4.99. The molecule has 3 heterocycles. The van der Waals surface area contributed by atoms with Crippen LogP contribution in [-0.4, -0.2) is 35.5 Å². The highest BCUT2D eigenvalue weighted by Crippen LogP contribution is 2.24. The van der Waals surface area contributed by atoms with Crippen LogP contribution in [0.1, 0.15) is 16.1 Å². The smallest absolute Gasteiger partial charge is 0.255 e. The Hall–Kier alpha value is -4.86. The zero-order chi connectivity index (χ0) is 22.8. The number of nitrogens with one attached hydrogen (secondary N) is 2. The molecule has 2 aromatic carbocycles. The van der Waals surface area contributed by atoms with Crippen LogP contribution in [0.3, 0.4) is 0 Å². The Bertz CT molecular complexity index is 1460. The van der Waals surface area contributed by atoms with Crippen molar-refractivity contribution >= 4 is 34.6 Å². The van der Waals surface area contributed by atoms with Gasteiger partial charge in [0.1, 0.15) is 12.0 Å². The summed E-state index contributed by atoms with van der Waals surface area (Å²) in [7, 11) is 0. The van der Waals surface area contributed by atoms with Gasteiger partial charge in [0.2, 0.25) is 5.95 Å². The average Bonchev–Trinajstić information content (AvgIpc) is 3.17. The molecule has 0 atom stereocenters. The molecule has 5 aromatic rings. The first kappa shape index (κ1) is 20.1. The minimum Gasteiger partial charge on any atom is -0.397 e. The molecule has 0 unspecified atom stereocenters. The molecule has 0 saturated carbocycles. The Morgan fingerprint density at radius 1 is 1.03 bits per heavy atom. The van der Waals surface area contributed by atoms with E-state index in [0.717, 1.165) is 17.1 Å². The monoisotopic (exact) mass is 437 g/mol. The van der Waals surface area contributed by atoms with Gasteiger partial charge in [-0.3, -0.25) is 4.79 Å². The molecule has 0 aliphatic rings. The van der Waals surface area contributed by atoms with Crippen LogP contribution in [0.2, 0.25) is 0 Å². The molecule has 1 amide bonds. The summed E-state index contributed by atoms with van der Waals surface area (Å²) >= 11 is 0. The number of amides is 1. The number of nitrogens with zero attached hydrogens (tertiary/aromatic N) is 6. The topological polar surface area (TPSA) is 136 Å². The number of aromatic nitrogens is 6. The van der Waals surface area contributed by atoms with Gasteiger partial charge in [0.05, 0.1) is 29.0 Å². The predicted molar refractivity (Wildman–Crippen MR) is 125 cm³/mol. The first-order valence-electron chi connectivity index (χ1n) is 10.1. The van der Waals surface area contributed by atoms with Gasteiger partial charge in [0.25, 0.3) is 5.91 Å². The second-order valence-electron chi connectivity index (χ2n) is 7.23. The molecule has 10 nitrogen and oxygen atoms in total. The second kappa shape index (κ2) is 8.35. The highest BCUT2D eigenvalue weighted by molar-refractivity contribution is 6.05. The molecule has 0 aliphatic heterocycles. The van der Waals surface area contributed by atoms with Crippen LogP contribution in [0.5, 0.6) is 0 Å². The van der Waals surface area contributed by atoms with E-state index in [1.54, 1.807) is 59.4 Å². The summed E-state index contributed by atoms with van der Waals surface area (Å²) in [5.74, 6) is 0.160. The van der Waals surface area contributed by atoms with Gasteiger partial charge in [-0.15, -0.1) is 0 Å². The number of imidazole rings is 1. The van der Waals surface area contributed by atoms with E-state index >= 15 is 0 Å². The van der Waals surface area contributed by atoms with Crippen LogP contribution in [-0.2, 0) is 0 Å². The van der Waals surface area contributed by atoms with Crippen molar-refractivity contribution < 1.29 is 4.79 Å². The summed E-state index contributed by atoms with van der Waals surface area (Å²) < 4.78 is 1.70. The maximum absolute atomic E-state index is 12.5. The lowest BCUT2D eigenvalue weighted by atomic mass is 10.2. The van der Waals surface area contributed by atoms with Crippen molar-refractivity contribution in [1.82, 2.24) is 29.5 Å². The molecular weight excluding hydrogens is 418 g/mol. The number of anilines is 4. The Kier molecular flexibility index (Phi) is 5.07. The molecular formula is C23H19N9O. The third-order valence-electron chi connectivity index (χ3n) is 4.99. The second-order valence-corrected chi connectivity index (χ2v) is 7.23. The lowest BCUT2D eigenvalue weighted by molar-refractivity contribution is 0.102. The van der Waals surface area contributed by atoms with Crippen molar-refractivity contribution in [1.29, 1.82) is 0 Å². The van der Waals surface area contributed by atoms with E-state index in [0.29, 0.717) is 34.2 Å². The standard InChI is InChI=1S/C23H19N9O/c1-14-21(32-20(28-14)12-25-13-27-32)19-10-11-26-23(31-19)29-16-8-6-15(7-9-16)22(33)30-18-5-3-2-4-17(18)24/h2-13H,24H2,1H3,(H,30,33)(H,26,29,31). The van der Waals surface area contributed by atoms with Gasteiger partial charge in [0.15, 0.2) is 5.65 Å². The lowest BCUT2D eigenvalue weighted by Gasteiger charge is -2.09. The zero-order valence-electron chi connectivity index (χ0n) is 17.6. The van der Waals surface area contributed by atoms with Crippen LogP contribution in [0, 0.1) is 6.92 Å². The number of benzene rings is 2. The van der Waals surface area contributed by atoms with E-state index in [9.17, 15) is 4.79 Å². The van der Waals surface area contributed by atoms with Gasteiger partial charge in [-0.1, -0.05) is 12.1 Å². The zero-order valence-corrected chi connectivity index (χ0v) is 17.6. The van der Waals surface area contributed by atoms with Gasteiger partial charge >= 0.3 is 0 Å². The number of carbonyl (C=O) groups is 1. The molecule has 5 rings (SSSR count). The molecule has 0 bridgehead atoms. The van der Waals surface area contributed by atoms with Crippen molar-refractivity contribution in [3.63, 3.8) is 0 Å². The molecule has 33 heavy (non-hydrogen) atoms. The van der Waals surface area contributed by atoms with Crippen LogP contribution in [0.25, 0.3) is 17.0 Å². The van der Waals surface area contributed by atoms with E-state index in [4.69, 9.17) is 5.73 Å². The fourth-order valence-electron chi connectivity index (χ4n) is 3.41. The van der Waals surface area contributed by atoms with Crippen molar-refractivity contribution in [3.05, 3.63) is 84.6 Å². The molecule has 10 heteroatoms. The fraction of sp³-hybridized carbons (Fsp3) is 0.0435. The highest BCUT2D eigenvalue weighted by Gasteiger charge is 2.14. The largest absolute Gasteiger partial charge is 0.397 e. The Labute approximate surface area is 188 Å². The molecule has 0 saturated heterocycles. The van der Waals surface area contributed by atoms with Crippen molar-refractivity contribution in [2.75, 3.05) is 16.4 Å². The van der Waals surface area contributed by atoms with Crippen molar-refractivity contribution in [2.24, 2.45) is 0 Å². The molecule has 4 N–H and O–H groups in total. The fourth-order valence-corrected chi connectivity index (χ4v) is 3.41. The van der Waals surface area contributed by atoms with Gasteiger partial charge in [0, 0.05) is 17.4 Å². The first-order valence-corrected chi connectivity index (χ1v) is 10.1. The molecule has 0 spiro atoms. The van der Waals surface area contributed by atoms with E-state index in [-0.39, 0.29) is 5.91 Å². The highest BCUT2D eigenvalue weighted by atomic mass is 16.1. The number of hydrogen-bond donors (Lipinski definition) is 3. The number of nitrogens with two attached hydrogens (primary N) is 1. The Morgan fingerprint density at radius 2 is 1.85 bits per heavy atom. The predicted octanol–water partition coefficient (Wildman–Crippen LogP) is 3.47. The van der Waals surface area contributed by atoms with E-state index in [2.05, 4.69) is 35.7 Å². The number of nitrogen functional groups attached to an aromatic ring is 1. The summed E-state index contributed by atoms with van der Waals surface area (Å²) in [6, 6.07) is 15.9. The SMILES string of the molecule is Cc1nc2cncnn2c1-c1ccnc(Nc2ccc(C(=O)Nc3ccccc3N)cc2)n1. The summed E-state index contributed by atoms with van der Waals surface area (Å²) in [4.78, 5) is 29.9. The minimum atomic E-state index is -0.247. The Balaban J connectivity index is 1.34. The molecule has 0 fully saturated rings. The summed E-state index contributed by atoms with van der Waals surface area (Å²) in [6.45, 7) is 1.89. The van der Waals surface area contributed by atoms with Crippen LogP contribution >= 0.6 is 0 Å². The van der Waals surface area contributed by atoms with Gasteiger partial charge in [-0.25, -0.2) is 24.5 Å². The number of carbonyl (C=O) groups excluding carboxylic acids is 1. The van der Waals surface area contributed by atoms with Crippen LogP contribution < -0.4 is 16.4 Å². The van der Waals surface area contributed by atoms with E-state index in [1.165, 1.54) is 6.33 Å². The normalized spacial score (nSPS) is 10.8. The minimum absolute atomic E-state index is 0.247. The quantitative estimate of drug-likeness (QED) is 0.356.